The van der Waals surface area contributed by atoms with Crippen molar-refractivity contribution in [3.63, 3.8) is 0 Å². The summed E-state index contributed by atoms with van der Waals surface area (Å²) in [6.07, 6.45) is 1.63. The molecule has 0 bridgehead atoms. The van der Waals surface area contributed by atoms with E-state index >= 15 is 0 Å². The zero-order chi connectivity index (χ0) is 18.1. The van der Waals surface area contributed by atoms with Gasteiger partial charge in [0.1, 0.15) is 11.6 Å². The number of oxazole rings is 1. The average molecular weight is 370 g/mol. The lowest BCUT2D eigenvalue weighted by Gasteiger charge is -2.32. The highest BCUT2D eigenvalue weighted by atomic mass is 35.5. The molecule has 0 radical (unpaired) electrons. The SMILES string of the molecule is NC(C(=O)N1CCC(c2nc3cc(Cl)ccc3o2)CC1)c1ccccc1. The summed E-state index contributed by atoms with van der Waals surface area (Å²) in [7, 11) is 0. The van der Waals surface area contributed by atoms with Crippen molar-refractivity contribution in [2.45, 2.75) is 24.8 Å². The third-order valence-electron chi connectivity index (χ3n) is 4.95. The van der Waals surface area contributed by atoms with Crippen molar-refractivity contribution in [2.75, 3.05) is 13.1 Å². The van der Waals surface area contributed by atoms with E-state index in [1.165, 1.54) is 0 Å². The predicted molar refractivity (Wildman–Crippen MR) is 101 cm³/mol. The van der Waals surface area contributed by atoms with E-state index in [4.69, 9.17) is 21.8 Å². The summed E-state index contributed by atoms with van der Waals surface area (Å²) in [5.74, 6) is 0.902. The molecule has 1 saturated heterocycles. The molecule has 6 heteroatoms. The van der Waals surface area contributed by atoms with Crippen molar-refractivity contribution >= 4 is 28.6 Å². The Kier molecular flexibility index (Phi) is 4.66. The Morgan fingerprint density at radius 3 is 2.65 bits per heavy atom. The second-order valence-corrected chi connectivity index (χ2v) is 7.09. The van der Waals surface area contributed by atoms with E-state index < -0.39 is 6.04 Å². The van der Waals surface area contributed by atoms with Gasteiger partial charge in [-0.2, -0.15) is 0 Å². The van der Waals surface area contributed by atoms with Gasteiger partial charge in [0.25, 0.3) is 0 Å². The Morgan fingerprint density at radius 1 is 1.19 bits per heavy atom. The minimum Gasteiger partial charge on any atom is -0.440 e. The van der Waals surface area contributed by atoms with E-state index in [9.17, 15) is 4.79 Å². The number of nitrogens with zero attached hydrogens (tertiary/aromatic N) is 2. The highest BCUT2D eigenvalue weighted by Crippen LogP contribution is 2.31. The van der Waals surface area contributed by atoms with Crippen molar-refractivity contribution in [1.82, 2.24) is 9.88 Å². The lowest BCUT2D eigenvalue weighted by atomic mass is 9.95. The number of amides is 1. The van der Waals surface area contributed by atoms with E-state index in [1.807, 2.05) is 41.3 Å². The molecule has 4 rings (SSSR count). The summed E-state index contributed by atoms with van der Waals surface area (Å²) in [5.41, 5.74) is 8.51. The molecule has 5 nitrogen and oxygen atoms in total. The molecule has 1 aromatic heterocycles. The maximum absolute atomic E-state index is 12.7. The molecule has 3 aromatic rings. The lowest BCUT2D eigenvalue weighted by Crippen LogP contribution is -2.43. The zero-order valence-electron chi connectivity index (χ0n) is 14.3. The molecule has 1 amide bonds. The van der Waals surface area contributed by atoms with E-state index in [0.29, 0.717) is 18.1 Å². The molecular weight excluding hydrogens is 350 g/mol. The number of rotatable bonds is 3. The van der Waals surface area contributed by atoms with Gasteiger partial charge < -0.3 is 15.1 Å². The summed E-state index contributed by atoms with van der Waals surface area (Å²) >= 11 is 6.01. The summed E-state index contributed by atoms with van der Waals surface area (Å²) < 4.78 is 5.88. The lowest BCUT2D eigenvalue weighted by molar-refractivity contribution is -0.133. The number of fused-ring (bicyclic) bond motifs is 1. The van der Waals surface area contributed by atoms with E-state index in [1.54, 1.807) is 12.1 Å². The second kappa shape index (κ2) is 7.09. The summed E-state index contributed by atoms with van der Waals surface area (Å²) in [4.78, 5) is 19.1. The molecule has 2 N–H and O–H groups in total. The van der Waals surface area contributed by atoms with Crippen LogP contribution in [-0.2, 0) is 4.79 Å². The number of hydrogen-bond acceptors (Lipinski definition) is 4. The summed E-state index contributed by atoms with van der Waals surface area (Å²) in [5, 5.41) is 0.646. The Morgan fingerprint density at radius 2 is 1.92 bits per heavy atom. The van der Waals surface area contributed by atoms with Crippen LogP contribution in [0.3, 0.4) is 0 Å². The van der Waals surface area contributed by atoms with Crippen molar-refractivity contribution in [3.05, 3.63) is 65.0 Å². The predicted octanol–water partition coefficient (Wildman–Crippen LogP) is 3.89. The first-order chi connectivity index (χ1) is 12.6. The molecular formula is C20H20ClN3O2. The van der Waals surface area contributed by atoms with Crippen LogP contribution in [0.25, 0.3) is 11.1 Å². The minimum absolute atomic E-state index is 0.0287. The largest absolute Gasteiger partial charge is 0.440 e. The zero-order valence-corrected chi connectivity index (χ0v) is 15.0. The van der Waals surface area contributed by atoms with Crippen molar-refractivity contribution in [3.8, 4) is 0 Å². The molecule has 1 aliphatic heterocycles. The first kappa shape index (κ1) is 17.1. The molecule has 1 atom stereocenters. The van der Waals surface area contributed by atoms with Crippen LogP contribution in [0.5, 0.6) is 0 Å². The molecule has 2 aromatic carbocycles. The number of likely N-dealkylation sites (tertiary alicyclic amines) is 1. The van der Waals surface area contributed by atoms with Crippen molar-refractivity contribution in [2.24, 2.45) is 5.73 Å². The van der Waals surface area contributed by atoms with Crippen LogP contribution in [0.4, 0.5) is 0 Å². The van der Waals surface area contributed by atoms with Crippen LogP contribution in [0.15, 0.2) is 52.9 Å². The number of carbonyl (C=O) groups is 1. The molecule has 1 aliphatic rings. The van der Waals surface area contributed by atoms with Crippen LogP contribution in [0.1, 0.15) is 36.3 Å². The standard InChI is InChI=1S/C20H20ClN3O2/c21-15-6-7-17-16(12-15)23-19(26-17)14-8-10-24(11-9-14)20(25)18(22)13-4-2-1-3-5-13/h1-7,12,14,18H,8-11,22H2. The molecule has 26 heavy (non-hydrogen) atoms. The van der Waals surface area contributed by atoms with Crippen LogP contribution < -0.4 is 5.73 Å². The number of benzene rings is 2. The highest BCUT2D eigenvalue weighted by molar-refractivity contribution is 6.31. The van der Waals surface area contributed by atoms with Crippen molar-refractivity contribution in [1.29, 1.82) is 0 Å². The van der Waals surface area contributed by atoms with E-state index in [2.05, 4.69) is 4.98 Å². The van der Waals surface area contributed by atoms with E-state index in [0.717, 1.165) is 35.4 Å². The van der Waals surface area contributed by atoms with E-state index in [-0.39, 0.29) is 11.8 Å². The summed E-state index contributed by atoms with van der Waals surface area (Å²) in [6, 6.07) is 14.3. The number of hydrogen-bond donors (Lipinski definition) is 1. The normalized spacial score (nSPS) is 16.8. The number of aromatic nitrogens is 1. The Hall–Kier alpha value is -2.37. The fourth-order valence-corrected chi connectivity index (χ4v) is 3.61. The maximum atomic E-state index is 12.7. The fourth-order valence-electron chi connectivity index (χ4n) is 3.44. The van der Waals surface area contributed by atoms with Crippen molar-refractivity contribution < 1.29 is 9.21 Å². The molecule has 0 aliphatic carbocycles. The second-order valence-electron chi connectivity index (χ2n) is 6.65. The third kappa shape index (κ3) is 3.32. The van der Waals surface area contributed by atoms with Crippen LogP contribution in [0, 0.1) is 0 Å². The molecule has 2 heterocycles. The first-order valence-corrected chi connectivity index (χ1v) is 9.15. The van der Waals surface area contributed by atoms with Gasteiger partial charge in [-0.25, -0.2) is 4.98 Å². The quantitative estimate of drug-likeness (QED) is 0.760. The number of halogens is 1. The topological polar surface area (TPSA) is 72.4 Å². The van der Waals surface area contributed by atoms with Crippen LogP contribution in [-0.4, -0.2) is 28.9 Å². The third-order valence-corrected chi connectivity index (χ3v) is 5.18. The molecule has 0 spiro atoms. The first-order valence-electron chi connectivity index (χ1n) is 8.77. The van der Waals surface area contributed by atoms with Gasteiger partial charge in [-0.15, -0.1) is 0 Å². The fraction of sp³-hybridized carbons (Fsp3) is 0.300. The smallest absolute Gasteiger partial charge is 0.244 e. The number of nitrogens with two attached hydrogens (primary N) is 1. The van der Waals surface area contributed by atoms with Gasteiger partial charge >= 0.3 is 0 Å². The Labute approximate surface area is 156 Å². The van der Waals surface area contributed by atoms with Crippen LogP contribution in [0.2, 0.25) is 5.02 Å². The monoisotopic (exact) mass is 369 g/mol. The minimum atomic E-state index is -0.612. The highest BCUT2D eigenvalue weighted by Gasteiger charge is 2.29. The average Bonchev–Trinajstić information content (AvgIpc) is 3.11. The molecule has 0 saturated carbocycles. The van der Waals surface area contributed by atoms with Gasteiger partial charge in [-0.1, -0.05) is 41.9 Å². The van der Waals surface area contributed by atoms with Gasteiger partial charge in [-0.3, -0.25) is 4.79 Å². The van der Waals surface area contributed by atoms with Crippen LogP contribution >= 0.6 is 11.6 Å². The van der Waals surface area contributed by atoms with Gasteiger partial charge in [0, 0.05) is 24.0 Å². The van der Waals surface area contributed by atoms with Gasteiger partial charge in [0.15, 0.2) is 11.5 Å². The number of carbonyl (C=O) groups excluding carboxylic acids is 1. The summed E-state index contributed by atoms with van der Waals surface area (Å²) in [6.45, 7) is 1.31. The molecule has 1 fully saturated rings. The number of piperidine rings is 1. The maximum Gasteiger partial charge on any atom is 0.244 e. The van der Waals surface area contributed by atoms with Gasteiger partial charge in [0.2, 0.25) is 5.91 Å². The van der Waals surface area contributed by atoms with Gasteiger partial charge in [0.05, 0.1) is 0 Å². The Balaban J connectivity index is 1.42. The molecule has 1 unspecified atom stereocenters. The van der Waals surface area contributed by atoms with Gasteiger partial charge in [-0.05, 0) is 36.6 Å². The molecule has 134 valence electrons. The Bertz CT molecular complexity index is 917.